The number of aromatic carboxylic acids is 1. The number of carbonyl (C=O) groups is 1. The Morgan fingerprint density at radius 3 is 3.06 bits per heavy atom. The predicted octanol–water partition coefficient (Wildman–Crippen LogP) is 1.30. The molecule has 0 spiro atoms. The lowest BCUT2D eigenvalue weighted by molar-refractivity contribution is 0.0681. The molecule has 1 aromatic rings. The zero-order valence-electron chi connectivity index (χ0n) is 9.97. The van der Waals surface area contributed by atoms with Crippen molar-refractivity contribution in [3.05, 3.63) is 17.0 Å². The molecule has 0 bridgehead atoms. The van der Waals surface area contributed by atoms with Gasteiger partial charge in [0.05, 0.1) is 0 Å². The maximum atomic E-state index is 10.8. The van der Waals surface area contributed by atoms with Gasteiger partial charge in [0.25, 0.3) is 0 Å². The lowest BCUT2D eigenvalue weighted by Crippen LogP contribution is -2.30. The largest absolute Gasteiger partial charge is 0.476 e. The van der Waals surface area contributed by atoms with E-state index in [0.29, 0.717) is 12.6 Å². The van der Waals surface area contributed by atoms with Crippen LogP contribution in [0.2, 0.25) is 5.15 Å². The fourth-order valence-electron chi connectivity index (χ4n) is 1.94. The van der Waals surface area contributed by atoms with E-state index >= 15 is 0 Å². The van der Waals surface area contributed by atoms with Gasteiger partial charge in [-0.15, -0.1) is 0 Å². The van der Waals surface area contributed by atoms with Gasteiger partial charge < -0.3 is 14.7 Å². The summed E-state index contributed by atoms with van der Waals surface area (Å²) in [5.74, 6) is -1.37. The Hall–Kier alpha value is -1.40. The Morgan fingerprint density at radius 1 is 1.67 bits per heavy atom. The van der Waals surface area contributed by atoms with Crippen LogP contribution in [0.1, 0.15) is 23.5 Å². The van der Waals surface area contributed by atoms with Crippen molar-refractivity contribution in [3.8, 4) is 5.88 Å². The first-order valence-corrected chi connectivity index (χ1v) is 6.05. The molecule has 1 aromatic heterocycles. The van der Waals surface area contributed by atoms with E-state index in [-0.39, 0.29) is 16.9 Å². The summed E-state index contributed by atoms with van der Waals surface area (Å²) < 4.78 is 5.49. The van der Waals surface area contributed by atoms with Crippen molar-refractivity contribution < 1.29 is 14.6 Å². The highest BCUT2D eigenvalue weighted by Gasteiger charge is 2.21. The molecule has 0 saturated carbocycles. The van der Waals surface area contributed by atoms with Gasteiger partial charge in [-0.3, -0.25) is 0 Å². The smallest absolute Gasteiger partial charge is 0.374 e. The highest BCUT2D eigenvalue weighted by atomic mass is 35.5. The van der Waals surface area contributed by atoms with Crippen LogP contribution in [-0.4, -0.2) is 52.2 Å². The molecular formula is C11H14ClN3O3. The standard InChI is InChI=1S/C11H14ClN3O3/c1-15-4-2-3-7(15)6-18-9-5-8(12)13-10(14-9)11(16)17/h5,7H,2-4,6H2,1H3,(H,16,17)/t7-/m0/s1. The number of likely N-dealkylation sites (N-methyl/N-ethyl adjacent to an activating group) is 1. The van der Waals surface area contributed by atoms with Crippen LogP contribution in [0.15, 0.2) is 6.07 Å². The topological polar surface area (TPSA) is 75.5 Å². The van der Waals surface area contributed by atoms with Crippen molar-refractivity contribution >= 4 is 17.6 Å². The predicted molar refractivity (Wildman–Crippen MR) is 65.1 cm³/mol. The molecule has 0 radical (unpaired) electrons. The van der Waals surface area contributed by atoms with E-state index in [1.807, 2.05) is 7.05 Å². The third-order valence-corrected chi connectivity index (χ3v) is 3.15. The summed E-state index contributed by atoms with van der Waals surface area (Å²) in [5, 5.41) is 8.87. The van der Waals surface area contributed by atoms with Crippen molar-refractivity contribution in [2.24, 2.45) is 0 Å². The molecule has 98 valence electrons. The zero-order chi connectivity index (χ0) is 13.1. The van der Waals surface area contributed by atoms with Gasteiger partial charge in [-0.1, -0.05) is 11.6 Å². The molecule has 0 unspecified atom stereocenters. The second kappa shape index (κ2) is 5.49. The summed E-state index contributed by atoms with van der Waals surface area (Å²) in [6.07, 6.45) is 2.22. The maximum absolute atomic E-state index is 10.8. The van der Waals surface area contributed by atoms with Crippen LogP contribution in [0.5, 0.6) is 5.88 Å². The minimum atomic E-state index is -1.22. The number of ether oxygens (including phenoxy) is 1. The second-order valence-corrected chi connectivity index (χ2v) is 4.63. The summed E-state index contributed by atoms with van der Waals surface area (Å²) in [5.41, 5.74) is 0. The van der Waals surface area contributed by atoms with Crippen molar-refractivity contribution in [1.29, 1.82) is 0 Å². The molecule has 1 N–H and O–H groups in total. The first-order valence-electron chi connectivity index (χ1n) is 5.67. The number of carboxylic acid groups (broad SMARTS) is 1. The van der Waals surface area contributed by atoms with Crippen molar-refractivity contribution in [3.63, 3.8) is 0 Å². The minimum Gasteiger partial charge on any atom is -0.476 e. The molecule has 1 saturated heterocycles. The van der Waals surface area contributed by atoms with E-state index in [2.05, 4.69) is 14.9 Å². The Bertz CT molecular complexity index is 455. The van der Waals surface area contributed by atoms with Crippen molar-refractivity contribution in [1.82, 2.24) is 14.9 Å². The van der Waals surface area contributed by atoms with Gasteiger partial charge in [-0.25, -0.2) is 9.78 Å². The van der Waals surface area contributed by atoms with E-state index in [4.69, 9.17) is 21.4 Å². The highest BCUT2D eigenvalue weighted by Crippen LogP contribution is 2.18. The average Bonchev–Trinajstić information content (AvgIpc) is 2.71. The molecule has 0 aliphatic carbocycles. The van der Waals surface area contributed by atoms with Crippen LogP contribution < -0.4 is 4.74 Å². The summed E-state index contributed by atoms with van der Waals surface area (Å²) >= 11 is 5.71. The summed E-state index contributed by atoms with van der Waals surface area (Å²) in [6.45, 7) is 1.53. The quantitative estimate of drug-likeness (QED) is 0.832. The van der Waals surface area contributed by atoms with Crippen LogP contribution >= 0.6 is 11.6 Å². The highest BCUT2D eigenvalue weighted by molar-refractivity contribution is 6.29. The summed E-state index contributed by atoms with van der Waals surface area (Å²) in [6, 6.07) is 1.76. The SMILES string of the molecule is CN1CCC[C@H]1COc1cc(Cl)nc(C(=O)O)n1. The molecule has 1 fully saturated rings. The van der Waals surface area contributed by atoms with E-state index in [0.717, 1.165) is 19.4 Å². The van der Waals surface area contributed by atoms with Gasteiger partial charge in [0.1, 0.15) is 11.8 Å². The van der Waals surface area contributed by atoms with Gasteiger partial charge in [0.2, 0.25) is 11.7 Å². The zero-order valence-corrected chi connectivity index (χ0v) is 10.7. The van der Waals surface area contributed by atoms with Crippen LogP contribution in [-0.2, 0) is 0 Å². The van der Waals surface area contributed by atoms with E-state index < -0.39 is 5.97 Å². The Morgan fingerprint density at radius 2 is 2.44 bits per heavy atom. The molecule has 1 atom stereocenters. The van der Waals surface area contributed by atoms with Crippen LogP contribution in [0.4, 0.5) is 0 Å². The molecule has 1 aliphatic rings. The maximum Gasteiger partial charge on any atom is 0.374 e. The molecule has 6 nitrogen and oxygen atoms in total. The number of carboxylic acids is 1. The van der Waals surface area contributed by atoms with Crippen LogP contribution in [0.25, 0.3) is 0 Å². The van der Waals surface area contributed by atoms with E-state index in [1.54, 1.807) is 0 Å². The summed E-state index contributed by atoms with van der Waals surface area (Å²) in [7, 11) is 2.04. The second-order valence-electron chi connectivity index (χ2n) is 4.25. The van der Waals surface area contributed by atoms with Gasteiger partial charge in [0.15, 0.2) is 0 Å². The first kappa shape index (κ1) is 13.0. The molecule has 0 aromatic carbocycles. The van der Waals surface area contributed by atoms with Gasteiger partial charge in [-0.2, -0.15) is 4.98 Å². The molecular weight excluding hydrogens is 258 g/mol. The number of hydrogen-bond acceptors (Lipinski definition) is 5. The molecule has 0 amide bonds. The van der Waals surface area contributed by atoms with Crippen LogP contribution in [0, 0.1) is 0 Å². The average molecular weight is 272 g/mol. The normalized spacial score (nSPS) is 20.0. The first-order chi connectivity index (χ1) is 8.56. The van der Waals surface area contributed by atoms with E-state index in [9.17, 15) is 4.79 Å². The Labute approximate surface area is 110 Å². The summed E-state index contributed by atoms with van der Waals surface area (Å²) in [4.78, 5) is 20.4. The van der Waals surface area contributed by atoms with Crippen molar-refractivity contribution in [2.45, 2.75) is 18.9 Å². The lowest BCUT2D eigenvalue weighted by Gasteiger charge is -2.19. The fraction of sp³-hybridized carbons (Fsp3) is 0.545. The number of rotatable bonds is 4. The monoisotopic (exact) mass is 271 g/mol. The van der Waals surface area contributed by atoms with Crippen molar-refractivity contribution in [2.75, 3.05) is 20.2 Å². The number of halogens is 1. The molecule has 2 rings (SSSR count). The molecule has 2 heterocycles. The number of hydrogen-bond donors (Lipinski definition) is 1. The lowest BCUT2D eigenvalue weighted by atomic mass is 10.2. The third-order valence-electron chi connectivity index (χ3n) is 2.96. The fourth-order valence-corrected chi connectivity index (χ4v) is 2.11. The van der Waals surface area contributed by atoms with E-state index in [1.165, 1.54) is 6.07 Å². The number of likely N-dealkylation sites (tertiary alicyclic amines) is 1. The molecule has 1 aliphatic heterocycles. The Balaban J connectivity index is 2.02. The van der Waals surface area contributed by atoms with Gasteiger partial charge >= 0.3 is 5.97 Å². The number of nitrogens with zero attached hydrogens (tertiary/aromatic N) is 3. The molecule has 18 heavy (non-hydrogen) atoms. The third kappa shape index (κ3) is 3.08. The van der Waals surface area contributed by atoms with Gasteiger partial charge in [-0.05, 0) is 26.4 Å². The Kier molecular flexibility index (Phi) is 3.98. The number of aromatic nitrogens is 2. The van der Waals surface area contributed by atoms with Gasteiger partial charge in [0, 0.05) is 12.1 Å². The minimum absolute atomic E-state index is 0.0668. The molecule has 7 heteroatoms. The van der Waals surface area contributed by atoms with Crippen LogP contribution in [0.3, 0.4) is 0 Å².